The number of hydrogen-bond acceptors (Lipinski definition) is 4. The first-order valence-corrected chi connectivity index (χ1v) is 7.82. The Morgan fingerprint density at radius 2 is 1.80 bits per heavy atom. The Kier molecular flexibility index (Phi) is 6.51. The molecule has 0 aliphatic rings. The van der Waals surface area contributed by atoms with Gasteiger partial charge in [-0.1, -0.05) is 30.3 Å². The van der Waals surface area contributed by atoms with Gasteiger partial charge < -0.3 is 14.8 Å². The molecular formula is C19H20FNO4. The predicted octanol–water partition coefficient (Wildman–Crippen LogP) is 2.68. The van der Waals surface area contributed by atoms with E-state index >= 15 is 0 Å². The molecule has 0 aliphatic heterocycles. The van der Waals surface area contributed by atoms with Crippen molar-refractivity contribution in [2.75, 3.05) is 13.2 Å². The van der Waals surface area contributed by atoms with Crippen molar-refractivity contribution in [2.24, 2.45) is 0 Å². The first-order chi connectivity index (χ1) is 12.0. The van der Waals surface area contributed by atoms with Crippen LogP contribution >= 0.6 is 0 Å². The number of nitrogens with one attached hydrogen (secondary N) is 1. The molecule has 0 unspecified atom stereocenters. The Hall–Kier alpha value is -2.89. The summed E-state index contributed by atoms with van der Waals surface area (Å²) >= 11 is 0. The van der Waals surface area contributed by atoms with Crippen LogP contribution in [0.5, 0.6) is 5.75 Å². The SMILES string of the molecule is Cc1cccc(OCC(=O)OCC(=O)NCc2ccccc2F)c1C. The molecule has 6 heteroatoms. The number of amides is 1. The van der Waals surface area contributed by atoms with Gasteiger partial charge in [-0.15, -0.1) is 0 Å². The second-order valence-corrected chi connectivity index (χ2v) is 5.52. The normalized spacial score (nSPS) is 10.2. The lowest BCUT2D eigenvalue weighted by Crippen LogP contribution is -2.29. The maximum absolute atomic E-state index is 13.4. The third-order valence-electron chi connectivity index (χ3n) is 3.70. The van der Waals surface area contributed by atoms with Crippen molar-refractivity contribution < 1.29 is 23.5 Å². The first-order valence-electron chi connectivity index (χ1n) is 7.82. The van der Waals surface area contributed by atoms with Gasteiger partial charge in [-0.25, -0.2) is 9.18 Å². The van der Waals surface area contributed by atoms with E-state index in [1.807, 2.05) is 26.0 Å². The maximum atomic E-state index is 13.4. The highest BCUT2D eigenvalue weighted by Gasteiger charge is 2.10. The molecule has 0 aliphatic carbocycles. The van der Waals surface area contributed by atoms with E-state index in [0.717, 1.165) is 11.1 Å². The highest BCUT2D eigenvalue weighted by atomic mass is 19.1. The van der Waals surface area contributed by atoms with Crippen LogP contribution in [0.15, 0.2) is 42.5 Å². The maximum Gasteiger partial charge on any atom is 0.344 e. The van der Waals surface area contributed by atoms with Crippen LogP contribution in [0.4, 0.5) is 4.39 Å². The number of rotatable bonds is 7. The van der Waals surface area contributed by atoms with E-state index in [-0.39, 0.29) is 13.2 Å². The van der Waals surface area contributed by atoms with E-state index in [4.69, 9.17) is 9.47 Å². The number of esters is 1. The van der Waals surface area contributed by atoms with Crippen molar-refractivity contribution in [1.82, 2.24) is 5.32 Å². The third kappa shape index (κ3) is 5.60. The Bertz CT molecular complexity index is 761. The molecule has 0 radical (unpaired) electrons. The van der Waals surface area contributed by atoms with E-state index in [1.165, 1.54) is 6.07 Å². The molecule has 0 saturated carbocycles. The molecular weight excluding hydrogens is 325 g/mol. The molecule has 132 valence electrons. The zero-order chi connectivity index (χ0) is 18.2. The molecule has 0 spiro atoms. The van der Waals surface area contributed by atoms with Crippen molar-refractivity contribution in [2.45, 2.75) is 20.4 Å². The topological polar surface area (TPSA) is 64.6 Å². The highest BCUT2D eigenvalue weighted by molar-refractivity contribution is 5.80. The summed E-state index contributed by atoms with van der Waals surface area (Å²) < 4.78 is 23.7. The second kappa shape index (κ2) is 8.82. The number of carbonyl (C=O) groups is 2. The van der Waals surface area contributed by atoms with Crippen molar-refractivity contribution in [1.29, 1.82) is 0 Å². The standard InChI is InChI=1S/C19H20FNO4/c1-13-6-5-9-17(14(13)2)24-12-19(23)25-11-18(22)21-10-15-7-3-4-8-16(15)20/h3-9H,10-12H2,1-2H3,(H,21,22). The van der Waals surface area contributed by atoms with Crippen molar-refractivity contribution in [3.8, 4) is 5.75 Å². The summed E-state index contributed by atoms with van der Waals surface area (Å²) in [5.74, 6) is -0.965. The van der Waals surface area contributed by atoms with Gasteiger partial charge in [0.05, 0.1) is 0 Å². The molecule has 0 atom stereocenters. The molecule has 0 saturated heterocycles. The molecule has 5 nitrogen and oxygen atoms in total. The molecule has 0 fully saturated rings. The van der Waals surface area contributed by atoms with Crippen LogP contribution < -0.4 is 10.1 Å². The van der Waals surface area contributed by atoms with Gasteiger partial charge in [-0.05, 0) is 37.1 Å². The van der Waals surface area contributed by atoms with Crippen LogP contribution in [0.25, 0.3) is 0 Å². The number of halogens is 1. The highest BCUT2D eigenvalue weighted by Crippen LogP contribution is 2.20. The number of benzene rings is 2. The number of hydrogen-bond donors (Lipinski definition) is 1. The summed E-state index contributed by atoms with van der Waals surface area (Å²) in [4.78, 5) is 23.3. The Labute approximate surface area is 145 Å². The van der Waals surface area contributed by atoms with E-state index in [9.17, 15) is 14.0 Å². The summed E-state index contributed by atoms with van der Waals surface area (Å²) in [5.41, 5.74) is 2.36. The molecule has 2 aromatic carbocycles. The van der Waals surface area contributed by atoms with Gasteiger partial charge in [0.2, 0.25) is 0 Å². The molecule has 1 amide bonds. The third-order valence-corrected chi connectivity index (χ3v) is 3.70. The molecule has 0 aromatic heterocycles. The summed E-state index contributed by atoms with van der Waals surface area (Å²) in [5, 5.41) is 2.49. The first kappa shape index (κ1) is 18.4. The molecule has 0 heterocycles. The van der Waals surface area contributed by atoms with Crippen LogP contribution in [-0.4, -0.2) is 25.1 Å². The average Bonchev–Trinajstić information content (AvgIpc) is 2.60. The van der Waals surface area contributed by atoms with Gasteiger partial charge in [0.15, 0.2) is 13.2 Å². The summed E-state index contributed by atoms with van der Waals surface area (Å²) in [7, 11) is 0. The summed E-state index contributed by atoms with van der Waals surface area (Å²) in [6.45, 7) is 3.14. The predicted molar refractivity (Wildman–Crippen MR) is 90.6 cm³/mol. The molecule has 2 aromatic rings. The van der Waals surface area contributed by atoms with Crippen molar-refractivity contribution in [3.63, 3.8) is 0 Å². The largest absolute Gasteiger partial charge is 0.482 e. The van der Waals surface area contributed by atoms with E-state index in [1.54, 1.807) is 24.3 Å². The minimum absolute atomic E-state index is 0.0298. The Morgan fingerprint density at radius 3 is 2.56 bits per heavy atom. The molecule has 25 heavy (non-hydrogen) atoms. The zero-order valence-corrected chi connectivity index (χ0v) is 14.2. The Morgan fingerprint density at radius 1 is 1.04 bits per heavy atom. The van der Waals surface area contributed by atoms with Gasteiger partial charge >= 0.3 is 5.97 Å². The zero-order valence-electron chi connectivity index (χ0n) is 14.2. The van der Waals surface area contributed by atoms with Crippen LogP contribution in [0.2, 0.25) is 0 Å². The fourth-order valence-corrected chi connectivity index (χ4v) is 2.09. The van der Waals surface area contributed by atoms with Gasteiger partial charge in [0.1, 0.15) is 11.6 Å². The van der Waals surface area contributed by atoms with Crippen molar-refractivity contribution >= 4 is 11.9 Å². The van der Waals surface area contributed by atoms with E-state index in [2.05, 4.69) is 5.32 Å². The lowest BCUT2D eigenvalue weighted by Gasteiger charge is -2.11. The lowest BCUT2D eigenvalue weighted by atomic mass is 10.1. The van der Waals surface area contributed by atoms with Crippen LogP contribution in [0.3, 0.4) is 0 Å². The second-order valence-electron chi connectivity index (χ2n) is 5.52. The fraction of sp³-hybridized carbons (Fsp3) is 0.263. The van der Waals surface area contributed by atoms with Crippen LogP contribution in [-0.2, 0) is 20.9 Å². The van der Waals surface area contributed by atoms with Crippen LogP contribution in [0.1, 0.15) is 16.7 Å². The number of aryl methyl sites for hydroxylation is 1. The minimum Gasteiger partial charge on any atom is -0.482 e. The minimum atomic E-state index is -0.651. The quantitative estimate of drug-likeness (QED) is 0.784. The van der Waals surface area contributed by atoms with Gasteiger partial charge in [0, 0.05) is 12.1 Å². The summed E-state index contributed by atoms with van der Waals surface area (Å²) in [6, 6.07) is 11.7. The van der Waals surface area contributed by atoms with E-state index < -0.39 is 24.3 Å². The monoisotopic (exact) mass is 345 g/mol. The Balaban J connectivity index is 1.71. The molecule has 2 rings (SSSR count). The molecule has 0 bridgehead atoms. The summed E-state index contributed by atoms with van der Waals surface area (Å²) in [6.07, 6.45) is 0. The smallest absolute Gasteiger partial charge is 0.344 e. The number of carbonyl (C=O) groups excluding carboxylic acids is 2. The van der Waals surface area contributed by atoms with Gasteiger partial charge in [-0.3, -0.25) is 4.79 Å². The van der Waals surface area contributed by atoms with Crippen molar-refractivity contribution in [3.05, 3.63) is 65.0 Å². The fourth-order valence-electron chi connectivity index (χ4n) is 2.09. The van der Waals surface area contributed by atoms with E-state index in [0.29, 0.717) is 11.3 Å². The average molecular weight is 345 g/mol. The van der Waals surface area contributed by atoms with Gasteiger partial charge in [0.25, 0.3) is 5.91 Å². The van der Waals surface area contributed by atoms with Gasteiger partial charge in [-0.2, -0.15) is 0 Å². The van der Waals surface area contributed by atoms with Crippen LogP contribution in [0, 0.1) is 19.7 Å². The number of ether oxygens (including phenoxy) is 2. The molecule has 1 N–H and O–H groups in total. The lowest BCUT2D eigenvalue weighted by molar-refractivity contribution is -0.150.